The summed E-state index contributed by atoms with van der Waals surface area (Å²) < 4.78 is 32.3. The van der Waals surface area contributed by atoms with E-state index in [4.69, 9.17) is 16.1 Å². The SMILES string of the molecule is O=S(=O)(c1ccccc1Cl)N1CC[C@H](c2noc(-c3cccs3)n2)C1. The Bertz CT molecular complexity index is 986. The lowest BCUT2D eigenvalue weighted by Crippen LogP contribution is -2.29. The van der Waals surface area contributed by atoms with Crippen LogP contribution in [0, 0.1) is 0 Å². The first-order valence-corrected chi connectivity index (χ1v) is 10.4. The Hall–Kier alpha value is -1.74. The van der Waals surface area contributed by atoms with Crippen molar-refractivity contribution in [3.05, 3.63) is 52.6 Å². The standard InChI is InChI=1S/C16H14ClN3O3S2/c17-12-4-1-2-6-14(12)25(21,22)20-8-7-11(10-20)15-18-16(23-19-15)13-5-3-9-24-13/h1-6,9,11H,7-8,10H2/t11-/m0/s1. The van der Waals surface area contributed by atoms with Crippen molar-refractivity contribution in [1.29, 1.82) is 0 Å². The fourth-order valence-corrected chi connectivity index (χ4v) is 5.49. The monoisotopic (exact) mass is 395 g/mol. The lowest BCUT2D eigenvalue weighted by molar-refractivity contribution is 0.415. The number of hydrogen-bond donors (Lipinski definition) is 0. The Morgan fingerprint density at radius 1 is 1.24 bits per heavy atom. The van der Waals surface area contributed by atoms with Crippen LogP contribution in [0.3, 0.4) is 0 Å². The van der Waals surface area contributed by atoms with Crippen molar-refractivity contribution in [2.45, 2.75) is 17.2 Å². The Labute approximate surface area is 154 Å². The van der Waals surface area contributed by atoms with Gasteiger partial charge in [0.25, 0.3) is 5.89 Å². The Kier molecular flexibility index (Phi) is 4.36. The average molecular weight is 396 g/mol. The number of aromatic nitrogens is 2. The van der Waals surface area contributed by atoms with Crippen molar-refractivity contribution in [2.24, 2.45) is 0 Å². The average Bonchev–Trinajstić information content (AvgIpc) is 3.34. The second-order valence-corrected chi connectivity index (χ2v) is 8.98. The van der Waals surface area contributed by atoms with E-state index >= 15 is 0 Å². The lowest BCUT2D eigenvalue weighted by atomic mass is 10.1. The topological polar surface area (TPSA) is 76.3 Å². The van der Waals surface area contributed by atoms with Crippen LogP contribution in [0.25, 0.3) is 10.8 Å². The van der Waals surface area contributed by atoms with Gasteiger partial charge in [0.05, 0.1) is 9.90 Å². The molecule has 6 nitrogen and oxygen atoms in total. The van der Waals surface area contributed by atoms with Gasteiger partial charge in [-0.3, -0.25) is 0 Å². The van der Waals surface area contributed by atoms with E-state index in [1.807, 2.05) is 17.5 Å². The van der Waals surface area contributed by atoms with Crippen LogP contribution < -0.4 is 0 Å². The molecule has 0 spiro atoms. The summed E-state index contributed by atoms with van der Waals surface area (Å²) in [7, 11) is -3.63. The van der Waals surface area contributed by atoms with Crippen LogP contribution in [0.15, 0.2) is 51.2 Å². The molecule has 0 radical (unpaired) electrons. The van der Waals surface area contributed by atoms with Gasteiger partial charge in [-0.2, -0.15) is 9.29 Å². The third kappa shape index (κ3) is 3.10. The van der Waals surface area contributed by atoms with E-state index in [0.717, 1.165) is 4.88 Å². The summed E-state index contributed by atoms with van der Waals surface area (Å²) >= 11 is 7.57. The highest BCUT2D eigenvalue weighted by Gasteiger charge is 2.36. The van der Waals surface area contributed by atoms with E-state index in [-0.39, 0.29) is 15.8 Å². The second-order valence-electron chi connectivity index (χ2n) is 5.71. The van der Waals surface area contributed by atoms with E-state index < -0.39 is 10.0 Å². The molecule has 0 amide bonds. The first-order chi connectivity index (χ1) is 12.1. The molecule has 9 heteroatoms. The van der Waals surface area contributed by atoms with Crippen molar-refractivity contribution >= 4 is 33.0 Å². The highest BCUT2D eigenvalue weighted by atomic mass is 35.5. The summed E-state index contributed by atoms with van der Waals surface area (Å²) in [6.45, 7) is 0.720. The van der Waals surface area contributed by atoms with Crippen molar-refractivity contribution in [3.63, 3.8) is 0 Å². The highest BCUT2D eigenvalue weighted by molar-refractivity contribution is 7.89. The van der Waals surface area contributed by atoms with Gasteiger partial charge in [-0.15, -0.1) is 11.3 Å². The smallest absolute Gasteiger partial charge is 0.267 e. The molecule has 25 heavy (non-hydrogen) atoms. The quantitative estimate of drug-likeness (QED) is 0.674. The van der Waals surface area contributed by atoms with Gasteiger partial charge in [0.1, 0.15) is 4.90 Å². The highest BCUT2D eigenvalue weighted by Crippen LogP contribution is 2.33. The first kappa shape index (κ1) is 16.7. The van der Waals surface area contributed by atoms with E-state index in [2.05, 4.69) is 10.1 Å². The molecule has 0 unspecified atom stereocenters. The van der Waals surface area contributed by atoms with Crippen LogP contribution in [-0.2, 0) is 10.0 Å². The lowest BCUT2D eigenvalue weighted by Gasteiger charge is -2.16. The van der Waals surface area contributed by atoms with E-state index in [1.54, 1.807) is 18.2 Å². The molecule has 1 fully saturated rings. The third-order valence-electron chi connectivity index (χ3n) is 4.14. The zero-order valence-corrected chi connectivity index (χ0v) is 15.4. The Balaban J connectivity index is 1.55. The van der Waals surface area contributed by atoms with Gasteiger partial charge in [-0.05, 0) is 30.0 Å². The number of thiophene rings is 1. The van der Waals surface area contributed by atoms with E-state index in [1.165, 1.54) is 21.7 Å². The maximum Gasteiger partial charge on any atom is 0.267 e. The number of hydrogen-bond acceptors (Lipinski definition) is 6. The molecule has 1 atom stereocenters. The fraction of sp³-hybridized carbons (Fsp3) is 0.250. The fourth-order valence-electron chi connectivity index (χ4n) is 2.85. The Morgan fingerprint density at radius 3 is 2.84 bits per heavy atom. The second kappa shape index (κ2) is 6.53. The Morgan fingerprint density at radius 2 is 2.08 bits per heavy atom. The van der Waals surface area contributed by atoms with Crippen molar-refractivity contribution in [2.75, 3.05) is 13.1 Å². The third-order valence-corrected chi connectivity index (χ3v) is 7.37. The summed E-state index contributed by atoms with van der Waals surface area (Å²) in [5.74, 6) is 0.924. The van der Waals surface area contributed by atoms with Gasteiger partial charge in [-0.1, -0.05) is 35.0 Å². The summed E-state index contributed by atoms with van der Waals surface area (Å²) in [5, 5.41) is 6.20. The predicted molar refractivity (Wildman–Crippen MR) is 95.2 cm³/mol. The largest absolute Gasteiger partial charge is 0.333 e. The van der Waals surface area contributed by atoms with Gasteiger partial charge in [0.2, 0.25) is 10.0 Å². The van der Waals surface area contributed by atoms with E-state index in [9.17, 15) is 8.42 Å². The summed E-state index contributed by atoms with van der Waals surface area (Å²) in [6.07, 6.45) is 0.646. The molecule has 1 aliphatic rings. The van der Waals surface area contributed by atoms with Crippen molar-refractivity contribution in [1.82, 2.24) is 14.4 Å². The van der Waals surface area contributed by atoms with Crippen LogP contribution in [0.4, 0.5) is 0 Å². The van der Waals surface area contributed by atoms with Crippen molar-refractivity contribution in [3.8, 4) is 10.8 Å². The predicted octanol–water partition coefficient (Wildman–Crippen LogP) is 3.63. The number of benzene rings is 1. The molecular formula is C16H14ClN3O3S2. The first-order valence-electron chi connectivity index (χ1n) is 7.68. The molecule has 130 valence electrons. The van der Waals surface area contributed by atoms with Crippen molar-refractivity contribution < 1.29 is 12.9 Å². The summed E-state index contributed by atoms with van der Waals surface area (Å²) in [6, 6.07) is 10.3. The van der Waals surface area contributed by atoms with Gasteiger partial charge in [0, 0.05) is 19.0 Å². The van der Waals surface area contributed by atoms with Crippen LogP contribution in [0.1, 0.15) is 18.2 Å². The minimum absolute atomic E-state index is 0.0882. The minimum Gasteiger partial charge on any atom is -0.333 e. The number of rotatable bonds is 4. The van der Waals surface area contributed by atoms with E-state index in [0.29, 0.717) is 31.2 Å². The van der Waals surface area contributed by atoms with Crippen LogP contribution in [0.2, 0.25) is 5.02 Å². The number of sulfonamides is 1. The van der Waals surface area contributed by atoms with Gasteiger partial charge in [0.15, 0.2) is 5.82 Å². The molecule has 0 bridgehead atoms. The molecule has 0 saturated carbocycles. The molecule has 1 saturated heterocycles. The molecule has 1 aliphatic heterocycles. The number of nitrogens with zero attached hydrogens (tertiary/aromatic N) is 3. The normalized spacial score (nSPS) is 18.7. The molecular weight excluding hydrogens is 382 g/mol. The van der Waals surface area contributed by atoms with Gasteiger partial charge in [-0.25, -0.2) is 8.42 Å². The molecule has 3 aromatic rings. The van der Waals surface area contributed by atoms with Gasteiger partial charge < -0.3 is 4.52 Å². The maximum atomic E-state index is 12.8. The zero-order valence-electron chi connectivity index (χ0n) is 13.0. The number of halogens is 1. The summed E-state index contributed by atoms with van der Waals surface area (Å²) in [4.78, 5) is 5.46. The molecule has 4 rings (SSSR count). The molecule has 3 heterocycles. The molecule has 0 aliphatic carbocycles. The zero-order chi connectivity index (χ0) is 17.4. The van der Waals surface area contributed by atoms with Crippen LogP contribution >= 0.6 is 22.9 Å². The molecule has 2 aromatic heterocycles. The maximum absolute atomic E-state index is 12.8. The molecule has 1 aromatic carbocycles. The van der Waals surface area contributed by atoms with Gasteiger partial charge >= 0.3 is 0 Å². The minimum atomic E-state index is -3.63. The van der Waals surface area contributed by atoms with Crippen LogP contribution in [0.5, 0.6) is 0 Å². The molecule has 0 N–H and O–H groups in total. The van der Waals surface area contributed by atoms with Crippen LogP contribution in [-0.4, -0.2) is 36.0 Å². The summed E-state index contributed by atoms with van der Waals surface area (Å²) in [5.41, 5.74) is 0.